The van der Waals surface area contributed by atoms with Gasteiger partial charge in [-0.15, -0.1) is 0 Å². The quantitative estimate of drug-likeness (QED) is 0.501. The predicted molar refractivity (Wildman–Crippen MR) is 116 cm³/mol. The van der Waals surface area contributed by atoms with Crippen LogP contribution in [0.25, 0.3) is 11.0 Å². The Morgan fingerprint density at radius 2 is 1.91 bits per heavy atom. The number of nitrogens with two attached hydrogens (primary N) is 1. The number of carbonyl (C=O) groups is 1. The van der Waals surface area contributed by atoms with Gasteiger partial charge in [0, 0.05) is 30.7 Å². The van der Waals surface area contributed by atoms with Crippen LogP contribution in [-0.2, 0) is 21.4 Å². The molecule has 3 aromatic heterocycles. The number of nitrogens with one attached hydrogen (secondary N) is 2. The van der Waals surface area contributed by atoms with Crippen molar-refractivity contribution in [2.24, 2.45) is 10.2 Å². The number of hydrogen-bond donors (Lipinski definition) is 3. The Morgan fingerprint density at radius 3 is 2.59 bits per heavy atom. The molecule has 0 saturated heterocycles. The van der Waals surface area contributed by atoms with Gasteiger partial charge in [-0.05, 0) is 31.0 Å². The van der Waals surface area contributed by atoms with Gasteiger partial charge in [0.2, 0.25) is 21.9 Å². The number of aromatic nitrogens is 4. The summed E-state index contributed by atoms with van der Waals surface area (Å²) in [6.07, 6.45) is -0.669. The topological polar surface area (TPSA) is 157 Å². The van der Waals surface area contributed by atoms with Crippen molar-refractivity contribution in [1.29, 1.82) is 0 Å². The van der Waals surface area contributed by atoms with Crippen LogP contribution in [0, 0.1) is 0 Å². The van der Waals surface area contributed by atoms with E-state index < -0.39 is 27.8 Å². The van der Waals surface area contributed by atoms with Crippen molar-refractivity contribution in [1.82, 2.24) is 24.9 Å². The zero-order chi connectivity index (χ0) is 24.5. The highest BCUT2D eigenvalue weighted by atomic mass is 32.2. The third-order valence-electron chi connectivity index (χ3n) is 5.03. The van der Waals surface area contributed by atoms with Gasteiger partial charge >= 0.3 is 6.18 Å². The lowest BCUT2D eigenvalue weighted by Crippen LogP contribution is -2.30. The first-order valence-corrected chi connectivity index (χ1v) is 11.6. The molecule has 1 aliphatic rings. The van der Waals surface area contributed by atoms with Crippen LogP contribution >= 0.6 is 0 Å². The molecule has 180 valence electrons. The van der Waals surface area contributed by atoms with Gasteiger partial charge in [0.25, 0.3) is 0 Å². The van der Waals surface area contributed by atoms with E-state index in [-0.39, 0.29) is 41.0 Å². The van der Waals surface area contributed by atoms with E-state index in [1.54, 1.807) is 0 Å². The van der Waals surface area contributed by atoms with Crippen molar-refractivity contribution in [3.05, 3.63) is 36.3 Å². The fraction of sp³-hybridized carbons (Fsp3) is 0.316. The first-order valence-electron chi connectivity index (χ1n) is 10.1. The largest absolute Gasteiger partial charge is 0.437 e. The number of amides is 1. The zero-order valence-electron chi connectivity index (χ0n) is 17.5. The summed E-state index contributed by atoms with van der Waals surface area (Å²) in [4.78, 5) is 24.0. The van der Waals surface area contributed by atoms with Crippen molar-refractivity contribution in [2.75, 3.05) is 5.32 Å². The van der Waals surface area contributed by atoms with Gasteiger partial charge in [-0.1, -0.05) is 6.42 Å². The normalized spacial score (nSPS) is 15.8. The summed E-state index contributed by atoms with van der Waals surface area (Å²) in [6.45, 7) is 0.222. The number of pyridine rings is 1. The molecule has 0 aliphatic carbocycles. The van der Waals surface area contributed by atoms with Crippen LogP contribution in [0.5, 0.6) is 0 Å². The number of fused-ring (bicyclic) bond motifs is 3. The van der Waals surface area contributed by atoms with Crippen molar-refractivity contribution in [3.8, 4) is 0 Å². The number of sulfonamides is 1. The predicted octanol–water partition coefficient (Wildman–Crippen LogP) is 2.17. The number of carbonyl (C=O) groups excluding carboxylic acids is 1. The molecule has 0 atom stereocenters. The lowest BCUT2D eigenvalue weighted by atomic mass is 10.2. The molecule has 3 aromatic rings. The van der Waals surface area contributed by atoms with Gasteiger partial charge in [-0.2, -0.15) is 23.3 Å². The molecule has 1 amide bonds. The van der Waals surface area contributed by atoms with Gasteiger partial charge in [-0.3, -0.25) is 4.79 Å². The molecule has 0 unspecified atom stereocenters. The summed E-state index contributed by atoms with van der Waals surface area (Å²) in [5.41, 5.74) is 0.737. The van der Waals surface area contributed by atoms with Crippen molar-refractivity contribution < 1.29 is 26.4 Å². The standard InChI is InChI=1S/C19H19F3N8O3S/c20-19(21,22)16-13-8-11-9-25-18(26-14-6-5-12(10-24-14)34(23,32)33)27-17(11)30(13)7-3-1-2-4-15(31)28-29-16/h5-6,8-10H,1-4,7H2,(H,28,31)(H2,23,32,33)(H,24,25,26,27). The first-order chi connectivity index (χ1) is 16.0. The molecule has 34 heavy (non-hydrogen) atoms. The van der Waals surface area contributed by atoms with Crippen molar-refractivity contribution in [3.63, 3.8) is 0 Å². The van der Waals surface area contributed by atoms with Crippen molar-refractivity contribution in [2.45, 2.75) is 43.3 Å². The number of alkyl halides is 3. The summed E-state index contributed by atoms with van der Waals surface area (Å²) < 4.78 is 65.5. The Morgan fingerprint density at radius 1 is 1.12 bits per heavy atom. The molecular formula is C19H19F3N8O3S. The third-order valence-corrected chi connectivity index (χ3v) is 5.93. The summed E-state index contributed by atoms with van der Waals surface area (Å²) in [7, 11) is -3.91. The maximum Gasteiger partial charge on any atom is 0.437 e. The van der Waals surface area contributed by atoms with E-state index in [9.17, 15) is 26.4 Å². The van der Waals surface area contributed by atoms with E-state index >= 15 is 0 Å². The van der Waals surface area contributed by atoms with E-state index in [4.69, 9.17) is 5.14 Å². The smallest absolute Gasteiger partial charge is 0.324 e. The SMILES string of the molecule is NS(=O)(=O)c1ccc(Nc2ncc3cc4n(c3n2)CCCCCC(=O)NN=C4C(F)(F)F)nc1. The molecule has 15 heteroatoms. The zero-order valence-corrected chi connectivity index (χ0v) is 18.3. The van der Waals surface area contributed by atoms with E-state index in [1.807, 2.05) is 5.43 Å². The second kappa shape index (κ2) is 8.98. The number of hydrazone groups is 1. The minimum absolute atomic E-state index is 0.0392. The molecule has 0 spiro atoms. The van der Waals surface area contributed by atoms with E-state index in [2.05, 4.69) is 25.4 Å². The number of hydrogen-bond acceptors (Lipinski definition) is 8. The van der Waals surface area contributed by atoms with Crippen LogP contribution in [0.15, 0.2) is 40.6 Å². The number of rotatable bonds is 3. The lowest BCUT2D eigenvalue weighted by Gasteiger charge is -2.14. The molecular weight excluding hydrogens is 477 g/mol. The fourth-order valence-corrected chi connectivity index (χ4v) is 3.89. The minimum Gasteiger partial charge on any atom is -0.324 e. The number of primary sulfonamides is 1. The summed E-state index contributed by atoms with van der Waals surface area (Å²) in [6, 6.07) is 3.87. The van der Waals surface area contributed by atoms with Crippen LogP contribution in [0.2, 0.25) is 0 Å². The molecule has 4 heterocycles. The molecule has 0 fully saturated rings. The highest BCUT2D eigenvalue weighted by Gasteiger charge is 2.40. The highest BCUT2D eigenvalue weighted by molar-refractivity contribution is 7.89. The van der Waals surface area contributed by atoms with Gasteiger partial charge in [0.05, 0.1) is 5.69 Å². The molecule has 0 aromatic carbocycles. The monoisotopic (exact) mass is 496 g/mol. The van der Waals surface area contributed by atoms with Crippen LogP contribution in [0.3, 0.4) is 0 Å². The Kier molecular flexibility index (Phi) is 6.22. The molecule has 1 aliphatic heterocycles. The summed E-state index contributed by atoms with van der Waals surface area (Å²) in [5.74, 6) is -0.341. The first kappa shape index (κ1) is 23.6. The summed E-state index contributed by atoms with van der Waals surface area (Å²) in [5, 5.41) is 11.6. The van der Waals surface area contributed by atoms with Crippen LogP contribution in [-0.4, -0.2) is 45.7 Å². The summed E-state index contributed by atoms with van der Waals surface area (Å²) >= 11 is 0. The average Bonchev–Trinajstić information content (AvgIpc) is 3.08. The number of halogens is 3. The van der Waals surface area contributed by atoms with Gasteiger partial charge in [0.1, 0.15) is 16.4 Å². The maximum atomic E-state index is 13.8. The van der Waals surface area contributed by atoms with Gasteiger partial charge in [0.15, 0.2) is 5.71 Å². The third kappa shape index (κ3) is 5.14. The Hall–Kier alpha value is -3.59. The average molecular weight is 496 g/mol. The number of anilines is 2. The number of nitrogens with zero attached hydrogens (tertiary/aromatic N) is 5. The molecule has 11 nitrogen and oxygen atoms in total. The lowest BCUT2D eigenvalue weighted by molar-refractivity contribution is -0.121. The molecule has 0 bridgehead atoms. The highest BCUT2D eigenvalue weighted by Crippen LogP contribution is 2.28. The molecule has 4 N–H and O–H groups in total. The Bertz CT molecular complexity index is 1370. The molecule has 4 rings (SSSR count). The second-order valence-corrected chi connectivity index (χ2v) is 9.07. The fourth-order valence-electron chi connectivity index (χ4n) is 3.43. The van der Waals surface area contributed by atoms with Gasteiger partial charge < -0.3 is 9.88 Å². The van der Waals surface area contributed by atoms with E-state index in [0.29, 0.717) is 24.6 Å². The van der Waals surface area contributed by atoms with Crippen LogP contribution < -0.4 is 15.9 Å². The minimum atomic E-state index is -4.82. The van der Waals surface area contributed by atoms with E-state index in [0.717, 1.165) is 6.20 Å². The van der Waals surface area contributed by atoms with Crippen molar-refractivity contribution >= 4 is 44.4 Å². The second-order valence-electron chi connectivity index (χ2n) is 7.51. The van der Waals surface area contributed by atoms with E-state index in [1.165, 1.54) is 29.0 Å². The maximum absolute atomic E-state index is 13.8. The Labute approximate surface area is 191 Å². The molecule has 0 radical (unpaired) electrons. The number of aryl methyl sites for hydroxylation is 1. The van der Waals surface area contributed by atoms with Crippen LogP contribution in [0.4, 0.5) is 24.9 Å². The Balaban J connectivity index is 1.75. The molecule has 0 saturated carbocycles. The van der Waals surface area contributed by atoms with Crippen LogP contribution in [0.1, 0.15) is 31.4 Å². The van der Waals surface area contributed by atoms with Gasteiger partial charge in [-0.25, -0.2) is 29.0 Å².